The number of amides is 1. The topological polar surface area (TPSA) is 98.8 Å². The summed E-state index contributed by atoms with van der Waals surface area (Å²) in [6.45, 7) is -0.468. The maximum Gasteiger partial charge on any atom is 0.338 e. The first-order valence-corrected chi connectivity index (χ1v) is 9.10. The fourth-order valence-electron chi connectivity index (χ4n) is 1.95. The fourth-order valence-corrected chi connectivity index (χ4v) is 2.58. The summed E-state index contributed by atoms with van der Waals surface area (Å²) in [5, 5.41) is 2.51. The Kier molecular flexibility index (Phi) is 5.76. The van der Waals surface area contributed by atoms with Crippen molar-refractivity contribution in [2.45, 2.75) is 4.90 Å². The minimum atomic E-state index is -3.30. The molecule has 0 atom stereocenters. The second-order valence-electron chi connectivity index (χ2n) is 5.15. The molecule has 8 heteroatoms. The molecular formula is C17H17NO6S. The van der Waals surface area contributed by atoms with Crippen LogP contribution in [0, 0.1) is 0 Å². The molecule has 1 amide bonds. The Bertz CT molecular complexity index is 874. The van der Waals surface area contributed by atoms with Crippen molar-refractivity contribution in [3.8, 4) is 5.75 Å². The zero-order chi connectivity index (χ0) is 18.4. The highest BCUT2D eigenvalue weighted by Gasteiger charge is 2.12. The van der Waals surface area contributed by atoms with Gasteiger partial charge in [-0.1, -0.05) is 6.07 Å². The van der Waals surface area contributed by atoms with Crippen LogP contribution in [0.4, 0.5) is 5.69 Å². The van der Waals surface area contributed by atoms with Gasteiger partial charge in [-0.25, -0.2) is 13.2 Å². The number of hydrogen-bond donors (Lipinski definition) is 1. The summed E-state index contributed by atoms with van der Waals surface area (Å²) in [6, 6.07) is 12.1. The third-order valence-corrected chi connectivity index (χ3v) is 4.33. The summed E-state index contributed by atoms with van der Waals surface area (Å²) in [5.74, 6) is -0.685. The van der Waals surface area contributed by atoms with E-state index in [1.54, 1.807) is 18.2 Å². The van der Waals surface area contributed by atoms with Gasteiger partial charge in [0.2, 0.25) is 0 Å². The van der Waals surface area contributed by atoms with Crippen LogP contribution in [0.3, 0.4) is 0 Å². The summed E-state index contributed by atoms with van der Waals surface area (Å²) >= 11 is 0. The molecule has 2 aromatic rings. The van der Waals surface area contributed by atoms with E-state index in [0.29, 0.717) is 11.4 Å². The van der Waals surface area contributed by atoms with Crippen LogP contribution in [-0.4, -0.2) is 40.3 Å². The minimum absolute atomic E-state index is 0.148. The first kappa shape index (κ1) is 18.5. The maximum atomic E-state index is 11.9. The van der Waals surface area contributed by atoms with Crippen LogP contribution in [-0.2, 0) is 19.4 Å². The fraction of sp³-hybridized carbons (Fsp3) is 0.176. The van der Waals surface area contributed by atoms with Crippen LogP contribution < -0.4 is 10.1 Å². The van der Waals surface area contributed by atoms with Crippen LogP contribution >= 0.6 is 0 Å². The van der Waals surface area contributed by atoms with Crippen molar-refractivity contribution >= 4 is 27.4 Å². The number of rotatable bonds is 6. The highest BCUT2D eigenvalue weighted by molar-refractivity contribution is 7.90. The molecule has 1 N–H and O–H groups in total. The Hall–Kier alpha value is -2.87. The normalized spacial score (nSPS) is 10.8. The highest BCUT2D eigenvalue weighted by atomic mass is 32.2. The summed E-state index contributed by atoms with van der Waals surface area (Å²) in [6.07, 6.45) is 1.10. The number of benzene rings is 2. The van der Waals surface area contributed by atoms with E-state index in [9.17, 15) is 18.0 Å². The SMILES string of the molecule is COc1cccc(C(=O)OCC(=O)Nc2ccc(S(C)(=O)=O)cc2)c1. The smallest absolute Gasteiger partial charge is 0.338 e. The molecule has 0 saturated heterocycles. The van der Waals surface area contributed by atoms with Gasteiger partial charge in [0.05, 0.1) is 17.6 Å². The molecule has 0 aromatic heterocycles. The first-order chi connectivity index (χ1) is 11.8. The van der Waals surface area contributed by atoms with Gasteiger partial charge in [-0.05, 0) is 42.5 Å². The van der Waals surface area contributed by atoms with Gasteiger partial charge in [-0.2, -0.15) is 0 Å². The van der Waals surface area contributed by atoms with Crippen molar-refractivity contribution in [2.24, 2.45) is 0 Å². The van der Waals surface area contributed by atoms with Gasteiger partial charge in [-0.15, -0.1) is 0 Å². The molecule has 2 aromatic carbocycles. The van der Waals surface area contributed by atoms with E-state index in [-0.39, 0.29) is 10.5 Å². The Morgan fingerprint density at radius 3 is 2.36 bits per heavy atom. The van der Waals surface area contributed by atoms with Gasteiger partial charge in [0, 0.05) is 11.9 Å². The standard InChI is InChI=1S/C17H17NO6S/c1-23-14-5-3-4-12(10-14)17(20)24-11-16(19)18-13-6-8-15(9-7-13)25(2,21)22/h3-10H,11H2,1-2H3,(H,18,19). The lowest BCUT2D eigenvalue weighted by atomic mass is 10.2. The van der Waals surface area contributed by atoms with Gasteiger partial charge >= 0.3 is 5.97 Å². The Morgan fingerprint density at radius 1 is 1.08 bits per heavy atom. The third-order valence-electron chi connectivity index (χ3n) is 3.21. The Morgan fingerprint density at radius 2 is 1.76 bits per heavy atom. The van der Waals surface area contributed by atoms with E-state index in [1.165, 1.54) is 37.4 Å². The van der Waals surface area contributed by atoms with Crippen LogP contribution in [0.15, 0.2) is 53.4 Å². The monoisotopic (exact) mass is 363 g/mol. The molecule has 7 nitrogen and oxygen atoms in total. The molecule has 25 heavy (non-hydrogen) atoms. The molecule has 0 saturated carbocycles. The molecular weight excluding hydrogens is 346 g/mol. The molecule has 0 bridgehead atoms. The Labute approximate surface area is 145 Å². The number of anilines is 1. The van der Waals surface area contributed by atoms with Crippen LogP contribution in [0.25, 0.3) is 0 Å². The quantitative estimate of drug-likeness (QED) is 0.787. The van der Waals surface area contributed by atoms with Gasteiger partial charge in [-0.3, -0.25) is 4.79 Å². The zero-order valence-electron chi connectivity index (χ0n) is 13.7. The number of esters is 1. The molecule has 0 fully saturated rings. The van der Waals surface area contributed by atoms with Crippen molar-refractivity contribution in [1.29, 1.82) is 0 Å². The number of sulfone groups is 1. The predicted octanol–water partition coefficient (Wildman–Crippen LogP) is 1.89. The van der Waals surface area contributed by atoms with Crippen molar-refractivity contribution in [1.82, 2.24) is 0 Å². The molecule has 0 heterocycles. The van der Waals surface area contributed by atoms with E-state index < -0.39 is 28.3 Å². The third kappa shape index (κ3) is 5.32. The summed E-state index contributed by atoms with van der Waals surface area (Å²) in [5.41, 5.74) is 0.666. The van der Waals surface area contributed by atoms with Crippen LogP contribution in [0.1, 0.15) is 10.4 Å². The van der Waals surface area contributed by atoms with Crippen molar-refractivity contribution in [2.75, 3.05) is 25.3 Å². The number of hydrogen-bond acceptors (Lipinski definition) is 6. The van der Waals surface area contributed by atoms with Crippen LogP contribution in [0.5, 0.6) is 5.75 Å². The molecule has 0 unspecified atom stereocenters. The number of ether oxygens (including phenoxy) is 2. The summed E-state index contributed by atoms with van der Waals surface area (Å²) in [4.78, 5) is 23.9. The molecule has 0 aliphatic rings. The number of carbonyl (C=O) groups is 2. The largest absolute Gasteiger partial charge is 0.497 e. The minimum Gasteiger partial charge on any atom is -0.497 e. The number of carbonyl (C=O) groups excluding carboxylic acids is 2. The van der Waals surface area contributed by atoms with Crippen molar-refractivity contribution < 1.29 is 27.5 Å². The average Bonchev–Trinajstić information content (AvgIpc) is 2.59. The number of nitrogens with one attached hydrogen (secondary N) is 1. The molecule has 0 aliphatic heterocycles. The van der Waals surface area contributed by atoms with E-state index in [0.717, 1.165) is 6.26 Å². The van der Waals surface area contributed by atoms with E-state index in [1.807, 2.05) is 0 Å². The van der Waals surface area contributed by atoms with Crippen molar-refractivity contribution in [3.05, 3.63) is 54.1 Å². The molecule has 132 valence electrons. The summed E-state index contributed by atoms with van der Waals surface area (Å²) < 4.78 is 32.7. The first-order valence-electron chi connectivity index (χ1n) is 7.21. The van der Waals surface area contributed by atoms with E-state index >= 15 is 0 Å². The van der Waals surface area contributed by atoms with Gasteiger partial charge < -0.3 is 14.8 Å². The van der Waals surface area contributed by atoms with Gasteiger partial charge in [0.25, 0.3) is 5.91 Å². The van der Waals surface area contributed by atoms with Gasteiger partial charge in [0.1, 0.15) is 5.75 Å². The summed E-state index contributed by atoms with van der Waals surface area (Å²) in [7, 11) is -1.82. The molecule has 0 aliphatic carbocycles. The van der Waals surface area contributed by atoms with Gasteiger partial charge in [0.15, 0.2) is 16.4 Å². The van der Waals surface area contributed by atoms with E-state index in [4.69, 9.17) is 9.47 Å². The Balaban J connectivity index is 1.91. The van der Waals surface area contributed by atoms with Crippen LogP contribution in [0.2, 0.25) is 0 Å². The maximum absolute atomic E-state index is 11.9. The molecule has 0 spiro atoms. The highest BCUT2D eigenvalue weighted by Crippen LogP contribution is 2.15. The molecule has 0 radical (unpaired) electrons. The van der Waals surface area contributed by atoms with Crippen molar-refractivity contribution in [3.63, 3.8) is 0 Å². The molecule has 2 rings (SSSR count). The zero-order valence-corrected chi connectivity index (χ0v) is 14.5. The lowest BCUT2D eigenvalue weighted by molar-refractivity contribution is -0.119. The predicted molar refractivity (Wildman–Crippen MR) is 91.5 cm³/mol. The number of methoxy groups -OCH3 is 1. The second-order valence-corrected chi connectivity index (χ2v) is 7.17. The lowest BCUT2D eigenvalue weighted by Gasteiger charge is -2.08. The van der Waals surface area contributed by atoms with E-state index in [2.05, 4.69) is 5.32 Å². The average molecular weight is 363 g/mol. The lowest BCUT2D eigenvalue weighted by Crippen LogP contribution is -2.21. The second kappa shape index (κ2) is 7.80.